The molecule has 0 heterocycles. The van der Waals surface area contributed by atoms with E-state index in [0.29, 0.717) is 6.42 Å². The van der Waals surface area contributed by atoms with Crippen molar-refractivity contribution in [1.82, 2.24) is 4.90 Å². The maximum absolute atomic E-state index is 11.9. The van der Waals surface area contributed by atoms with E-state index in [1.807, 2.05) is 36.1 Å². The molecule has 0 saturated heterocycles. The van der Waals surface area contributed by atoms with E-state index >= 15 is 0 Å². The second-order valence-corrected chi connectivity index (χ2v) is 4.17. The van der Waals surface area contributed by atoms with Crippen molar-refractivity contribution in [3.63, 3.8) is 0 Å². The number of rotatable bonds is 6. The number of nitrogen functional groups attached to an aromatic ring is 1. The molecule has 4 heteroatoms. The second kappa shape index (κ2) is 8.81. The van der Waals surface area contributed by atoms with Gasteiger partial charge in [0.15, 0.2) is 0 Å². The Balaban J connectivity index is 0.00000289. The summed E-state index contributed by atoms with van der Waals surface area (Å²) in [5.41, 5.74) is 7.69. The molecule has 1 aromatic carbocycles. The molecule has 0 fully saturated rings. The van der Waals surface area contributed by atoms with E-state index in [9.17, 15) is 4.79 Å². The molecule has 0 aliphatic heterocycles. The average Bonchev–Trinajstić information content (AvgIpc) is 2.34. The van der Waals surface area contributed by atoms with E-state index < -0.39 is 0 Å². The molecule has 1 aromatic rings. The van der Waals surface area contributed by atoms with Crippen LogP contribution in [-0.4, -0.2) is 23.9 Å². The van der Waals surface area contributed by atoms with Crippen LogP contribution in [0.15, 0.2) is 24.3 Å². The molecule has 1 rings (SSSR count). The minimum atomic E-state index is 0. The van der Waals surface area contributed by atoms with Crippen LogP contribution in [0.4, 0.5) is 5.69 Å². The number of nitrogens with two attached hydrogens (primary N) is 1. The SMILES string of the molecule is CCCN(CC)C(=O)CCc1ccccc1N.Cl. The van der Waals surface area contributed by atoms with Gasteiger partial charge >= 0.3 is 0 Å². The van der Waals surface area contributed by atoms with Crippen molar-refractivity contribution in [2.75, 3.05) is 18.8 Å². The number of hydrogen-bond donors (Lipinski definition) is 1. The molecule has 2 N–H and O–H groups in total. The molecule has 0 aliphatic carbocycles. The van der Waals surface area contributed by atoms with Gasteiger partial charge in [-0.3, -0.25) is 4.79 Å². The summed E-state index contributed by atoms with van der Waals surface area (Å²) in [4.78, 5) is 13.8. The molecule has 0 spiro atoms. The quantitative estimate of drug-likeness (QED) is 0.808. The normalized spacial score (nSPS) is 9.67. The van der Waals surface area contributed by atoms with Crippen molar-refractivity contribution in [2.24, 2.45) is 0 Å². The fraction of sp³-hybridized carbons (Fsp3) is 0.500. The first-order valence-corrected chi connectivity index (χ1v) is 6.30. The van der Waals surface area contributed by atoms with Gasteiger partial charge in [-0.2, -0.15) is 0 Å². The van der Waals surface area contributed by atoms with E-state index in [0.717, 1.165) is 37.2 Å². The summed E-state index contributed by atoms with van der Waals surface area (Å²) in [7, 11) is 0. The summed E-state index contributed by atoms with van der Waals surface area (Å²) in [6.07, 6.45) is 2.28. The lowest BCUT2D eigenvalue weighted by atomic mass is 10.1. The molecule has 1 amide bonds. The predicted octanol–water partition coefficient (Wildman–Crippen LogP) is 2.88. The lowest BCUT2D eigenvalue weighted by molar-refractivity contribution is -0.131. The van der Waals surface area contributed by atoms with Gasteiger partial charge in [-0.1, -0.05) is 25.1 Å². The Labute approximate surface area is 116 Å². The largest absolute Gasteiger partial charge is 0.399 e. The predicted molar refractivity (Wildman–Crippen MR) is 79.0 cm³/mol. The second-order valence-electron chi connectivity index (χ2n) is 4.17. The molecule has 0 unspecified atom stereocenters. The molecule has 0 radical (unpaired) electrons. The zero-order chi connectivity index (χ0) is 12.7. The maximum atomic E-state index is 11.9. The zero-order valence-corrected chi connectivity index (χ0v) is 12.0. The summed E-state index contributed by atoms with van der Waals surface area (Å²) in [5, 5.41) is 0. The van der Waals surface area contributed by atoms with E-state index in [1.54, 1.807) is 0 Å². The minimum Gasteiger partial charge on any atom is -0.399 e. The summed E-state index contributed by atoms with van der Waals surface area (Å²) in [5.74, 6) is 0.220. The highest BCUT2D eigenvalue weighted by Crippen LogP contribution is 2.13. The van der Waals surface area contributed by atoms with Gasteiger partial charge in [0.25, 0.3) is 0 Å². The van der Waals surface area contributed by atoms with Crippen molar-refractivity contribution in [3.05, 3.63) is 29.8 Å². The van der Waals surface area contributed by atoms with Crippen LogP contribution in [0, 0.1) is 0 Å². The monoisotopic (exact) mass is 270 g/mol. The number of halogens is 1. The van der Waals surface area contributed by atoms with Crippen LogP contribution in [0.1, 0.15) is 32.3 Å². The summed E-state index contributed by atoms with van der Waals surface area (Å²) in [6, 6.07) is 7.73. The maximum Gasteiger partial charge on any atom is 0.222 e. The van der Waals surface area contributed by atoms with Crippen LogP contribution >= 0.6 is 12.4 Å². The summed E-state index contributed by atoms with van der Waals surface area (Å²) in [6.45, 7) is 5.74. The molecule has 0 aliphatic rings. The molecule has 0 bridgehead atoms. The standard InChI is InChI=1S/C14H22N2O.ClH/c1-3-11-16(4-2)14(17)10-9-12-7-5-6-8-13(12)15;/h5-8H,3-4,9-11,15H2,1-2H3;1H. The molecular formula is C14H23ClN2O. The fourth-order valence-corrected chi connectivity index (χ4v) is 1.89. The van der Waals surface area contributed by atoms with Crippen LogP contribution in [0.3, 0.4) is 0 Å². The van der Waals surface area contributed by atoms with Gasteiger partial charge in [0.05, 0.1) is 0 Å². The number of amides is 1. The van der Waals surface area contributed by atoms with Crippen LogP contribution < -0.4 is 5.73 Å². The highest BCUT2D eigenvalue weighted by molar-refractivity contribution is 5.85. The van der Waals surface area contributed by atoms with Gasteiger partial charge in [-0.05, 0) is 31.4 Å². The summed E-state index contributed by atoms with van der Waals surface area (Å²) < 4.78 is 0. The summed E-state index contributed by atoms with van der Waals surface area (Å²) >= 11 is 0. The molecule has 0 atom stereocenters. The first-order valence-electron chi connectivity index (χ1n) is 6.30. The third-order valence-corrected chi connectivity index (χ3v) is 2.89. The number of aryl methyl sites for hydroxylation is 1. The first kappa shape index (κ1) is 16.8. The van der Waals surface area contributed by atoms with Gasteiger partial charge in [-0.25, -0.2) is 0 Å². The fourth-order valence-electron chi connectivity index (χ4n) is 1.89. The van der Waals surface area contributed by atoms with Gasteiger partial charge in [0.2, 0.25) is 5.91 Å². The van der Waals surface area contributed by atoms with Crippen LogP contribution in [0.5, 0.6) is 0 Å². The Morgan fingerprint density at radius 1 is 1.28 bits per heavy atom. The van der Waals surface area contributed by atoms with E-state index in [2.05, 4.69) is 6.92 Å². The van der Waals surface area contributed by atoms with Gasteiger partial charge < -0.3 is 10.6 Å². The molecule has 3 nitrogen and oxygen atoms in total. The number of carbonyl (C=O) groups is 1. The van der Waals surface area contributed by atoms with Crippen LogP contribution in [0.25, 0.3) is 0 Å². The first-order chi connectivity index (χ1) is 8.19. The lowest BCUT2D eigenvalue weighted by Crippen LogP contribution is -2.31. The van der Waals surface area contributed by atoms with Crippen molar-refractivity contribution < 1.29 is 4.79 Å². The number of anilines is 1. The molecule has 0 aromatic heterocycles. The minimum absolute atomic E-state index is 0. The Hall–Kier alpha value is -1.22. The third kappa shape index (κ3) is 4.96. The Morgan fingerprint density at radius 3 is 2.50 bits per heavy atom. The van der Waals surface area contributed by atoms with Crippen LogP contribution in [0.2, 0.25) is 0 Å². The highest BCUT2D eigenvalue weighted by atomic mass is 35.5. The van der Waals surface area contributed by atoms with E-state index in [1.165, 1.54) is 0 Å². The lowest BCUT2D eigenvalue weighted by Gasteiger charge is -2.20. The Bertz CT molecular complexity index is 369. The number of benzene rings is 1. The Kier molecular flexibility index (Phi) is 8.21. The van der Waals surface area contributed by atoms with Crippen molar-refractivity contribution >= 4 is 24.0 Å². The van der Waals surface area contributed by atoms with E-state index in [-0.39, 0.29) is 18.3 Å². The van der Waals surface area contributed by atoms with Crippen molar-refractivity contribution in [2.45, 2.75) is 33.1 Å². The number of nitrogens with zero attached hydrogens (tertiary/aromatic N) is 1. The number of carbonyl (C=O) groups excluding carboxylic acids is 1. The molecule has 102 valence electrons. The van der Waals surface area contributed by atoms with Crippen LogP contribution in [-0.2, 0) is 11.2 Å². The molecule has 18 heavy (non-hydrogen) atoms. The Morgan fingerprint density at radius 2 is 1.94 bits per heavy atom. The topological polar surface area (TPSA) is 46.3 Å². The molecular weight excluding hydrogens is 248 g/mol. The van der Waals surface area contributed by atoms with Crippen molar-refractivity contribution in [1.29, 1.82) is 0 Å². The van der Waals surface area contributed by atoms with E-state index in [4.69, 9.17) is 5.73 Å². The van der Waals surface area contributed by atoms with Gasteiger partial charge in [0.1, 0.15) is 0 Å². The van der Waals surface area contributed by atoms with Gasteiger partial charge in [-0.15, -0.1) is 12.4 Å². The third-order valence-electron chi connectivity index (χ3n) is 2.89. The number of hydrogen-bond acceptors (Lipinski definition) is 2. The zero-order valence-electron chi connectivity index (χ0n) is 11.2. The molecule has 0 saturated carbocycles. The average molecular weight is 271 g/mol. The highest BCUT2D eigenvalue weighted by Gasteiger charge is 2.10. The van der Waals surface area contributed by atoms with Crippen molar-refractivity contribution in [3.8, 4) is 0 Å². The van der Waals surface area contributed by atoms with Gasteiger partial charge in [0, 0.05) is 25.2 Å². The smallest absolute Gasteiger partial charge is 0.222 e. The number of para-hydroxylation sites is 1.